The zero-order valence-corrected chi connectivity index (χ0v) is 10.5. The van der Waals surface area contributed by atoms with Crippen LogP contribution in [-0.2, 0) is 4.79 Å². The molecule has 0 spiro atoms. The van der Waals surface area contributed by atoms with Crippen LogP contribution in [0.25, 0.3) is 0 Å². The van der Waals surface area contributed by atoms with Gasteiger partial charge in [0.05, 0.1) is 9.88 Å². The van der Waals surface area contributed by atoms with Gasteiger partial charge >= 0.3 is 0 Å². The number of hydrogen-bond acceptors (Lipinski definition) is 4. The molecule has 17 heavy (non-hydrogen) atoms. The molecule has 2 rings (SSSR count). The molecule has 0 aliphatic carbocycles. The number of nitrogens with zero attached hydrogens (tertiary/aromatic N) is 2. The van der Waals surface area contributed by atoms with Crippen LogP contribution in [0.15, 0.2) is 12.1 Å². The Labute approximate surface area is 104 Å². The van der Waals surface area contributed by atoms with Crippen LogP contribution in [0.5, 0.6) is 0 Å². The topological polar surface area (TPSA) is 66.6 Å². The van der Waals surface area contributed by atoms with E-state index in [1.165, 1.54) is 11.3 Å². The summed E-state index contributed by atoms with van der Waals surface area (Å²) in [6.45, 7) is 4.67. The molecule has 1 aliphatic heterocycles. The summed E-state index contributed by atoms with van der Waals surface area (Å²) < 4.78 is 0. The molecule has 1 aliphatic rings. The number of thiophene rings is 1. The smallest absolute Gasteiger partial charge is 0.258 e. The van der Waals surface area contributed by atoms with Gasteiger partial charge in [-0.2, -0.15) is 0 Å². The van der Waals surface area contributed by atoms with E-state index in [0.717, 1.165) is 31.2 Å². The van der Waals surface area contributed by atoms with E-state index in [9.17, 15) is 9.59 Å². The van der Waals surface area contributed by atoms with Crippen molar-refractivity contribution >= 4 is 28.2 Å². The summed E-state index contributed by atoms with van der Waals surface area (Å²) in [5.74, 6) is -0.266. The van der Waals surface area contributed by atoms with Crippen LogP contribution >= 0.6 is 11.3 Å². The summed E-state index contributed by atoms with van der Waals surface area (Å²) >= 11 is 1.41. The van der Waals surface area contributed by atoms with Crippen LogP contribution in [0.1, 0.15) is 16.6 Å². The Morgan fingerprint density at radius 2 is 1.88 bits per heavy atom. The Morgan fingerprint density at radius 1 is 1.24 bits per heavy atom. The lowest BCUT2D eigenvalue weighted by molar-refractivity contribution is -0.129. The Kier molecular flexibility index (Phi) is 3.33. The Hall–Kier alpha value is -1.56. The second-order valence-electron chi connectivity index (χ2n) is 4.00. The molecule has 0 unspecified atom stereocenters. The fourth-order valence-electron chi connectivity index (χ4n) is 1.87. The number of nitrogens with two attached hydrogens (primary N) is 1. The van der Waals surface area contributed by atoms with Crippen LogP contribution in [0.2, 0.25) is 0 Å². The minimum atomic E-state index is -0.386. The molecule has 0 aromatic carbocycles. The number of primary amides is 1. The molecule has 2 amide bonds. The van der Waals surface area contributed by atoms with Crippen molar-refractivity contribution < 1.29 is 9.59 Å². The van der Waals surface area contributed by atoms with Crippen molar-refractivity contribution in [1.82, 2.24) is 4.90 Å². The van der Waals surface area contributed by atoms with E-state index < -0.39 is 0 Å². The van der Waals surface area contributed by atoms with Gasteiger partial charge in [0.2, 0.25) is 5.91 Å². The van der Waals surface area contributed by atoms with Crippen molar-refractivity contribution in [3.05, 3.63) is 17.0 Å². The molecule has 0 bridgehead atoms. The number of anilines is 1. The molecule has 2 heterocycles. The predicted molar refractivity (Wildman–Crippen MR) is 67.3 cm³/mol. The summed E-state index contributed by atoms with van der Waals surface area (Å²) in [6, 6.07) is 3.66. The lowest BCUT2D eigenvalue weighted by atomic mass is 10.3. The molecule has 0 radical (unpaired) electrons. The van der Waals surface area contributed by atoms with Crippen molar-refractivity contribution in [2.75, 3.05) is 31.1 Å². The van der Waals surface area contributed by atoms with Crippen LogP contribution in [0, 0.1) is 0 Å². The minimum Gasteiger partial charge on any atom is -0.365 e. The van der Waals surface area contributed by atoms with Crippen molar-refractivity contribution in [3.8, 4) is 0 Å². The van der Waals surface area contributed by atoms with E-state index >= 15 is 0 Å². The van der Waals surface area contributed by atoms with Crippen molar-refractivity contribution in [3.63, 3.8) is 0 Å². The van der Waals surface area contributed by atoms with Gasteiger partial charge in [-0.1, -0.05) is 0 Å². The van der Waals surface area contributed by atoms with Gasteiger partial charge in [0.1, 0.15) is 0 Å². The van der Waals surface area contributed by atoms with E-state index in [0.29, 0.717) is 4.88 Å². The first-order valence-electron chi connectivity index (χ1n) is 5.48. The Balaban J connectivity index is 2.00. The summed E-state index contributed by atoms with van der Waals surface area (Å²) in [4.78, 5) is 26.8. The van der Waals surface area contributed by atoms with Gasteiger partial charge in [0.25, 0.3) is 5.91 Å². The second kappa shape index (κ2) is 4.75. The first kappa shape index (κ1) is 11.9. The van der Waals surface area contributed by atoms with Crippen LogP contribution < -0.4 is 10.6 Å². The molecule has 92 valence electrons. The van der Waals surface area contributed by atoms with Crippen LogP contribution in [0.3, 0.4) is 0 Å². The number of piperazine rings is 1. The molecule has 0 atom stereocenters. The van der Waals surface area contributed by atoms with E-state index in [2.05, 4.69) is 4.90 Å². The first-order valence-corrected chi connectivity index (χ1v) is 6.29. The number of amides is 2. The lowest BCUT2D eigenvalue weighted by Gasteiger charge is -2.34. The Bertz CT molecular complexity index is 436. The number of carbonyl (C=O) groups excluding carboxylic acids is 2. The van der Waals surface area contributed by atoms with Crippen LogP contribution in [-0.4, -0.2) is 42.9 Å². The number of carbonyl (C=O) groups is 2. The van der Waals surface area contributed by atoms with E-state index in [1.54, 1.807) is 13.0 Å². The molecule has 0 saturated carbocycles. The van der Waals surface area contributed by atoms with Crippen molar-refractivity contribution in [2.45, 2.75) is 6.92 Å². The maximum Gasteiger partial charge on any atom is 0.258 e. The zero-order chi connectivity index (χ0) is 12.4. The molecular formula is C11H15N3O2S. The zero-order valence-electron chi connectivity index (χ0n) is 9.68. The fourth-order valence-corrected chi connectivity index (χ4v) is 2.78. The third-order valence-electron chi connectivity index (χ3n) is 2.87. The van der Waals surface area contributed by atoms with Gasteiger partial charge < -0.3 is 15.5 Å². The van der Waals surface area contributed by atoms with Gasteiger partial charge in [-0.15, -0.1) is 11.3 Å². The van der Waals surface area contributed by atoms with Gasteiger partial charge in [-0.3, -0.25) is 9.59 Å². The van der Waals surface area contributed by atoms with E-state index in [1.807, 2.05) is 11.0 Å². The molecule has 5 nitrogen and oxygen atoms in total. The highest BCUT2D eigenvalue weighted by molar-refractivity contribution is 7.17. The summed E-state index contributed by atoms with van der Waals surface area (Å²) in [6.07, 6.45) is 0. The number of hydrogen-bond donors (Lipinski definition) is 1. The maximum atomic E-state index is 11.2. The lowest BCUT2D eigenvalue weighted by Crippen LogP contribution is -2.47. The highest BCUT2D eigenvalue weighted by Crippen LogP contribution is 2.26. The van der Waals surface area contributed by atoms with Gasteiger partial charge in [-0.25, -0.2) is 0 Å². The molecule has 6 heteroatoms. The molecule has 1 aromatic heterocycles. The third-order valence-corrected chi connectivity index (χ3v) is 4.03. The highest BCUT2D eigenvalue weighted by atomic mass is 32.1. The SMILES string of the molecule is CC(=O)N1CCN(c2ccc(C(N)=O)s2)CC1. The van der Waals surface area contributed by atoms with Crippen molar-refractivity contribution in [2.24, 2.45) is 5.73 Å². The average Bonchev–Trinajstić information content (AvgIpc) is 2.78. The summed E-state index contributed by atoms with van der Waals surface area (Å²) in [5, 5.41) is 1.04. The summed E-state index contributed by atoms with van der Waals surface area (Å²) in [7, 11) is 0. The fraction of sp³-hybridized carbons (Fsp3) is 0.455. The monoisotopic (exact) mass is 253 g/mol. The molecular weight excluding hydrogens is 238 g/mol. The van der Waals surface area contributed by atoms with Gasteiger partial charge in [0.15, 0.2) is 0 Å². The van der Waals surface area contributed by atoms with Gasteiger partial charge in [-0.05, 0) is 12.1 Å². The average molecular weight is 253 g/mol. The predicted octanol–water partition coefficient (Wildman–Crippen LogP) is 0.516. The first-order chi connectivity index (χ1) is 8.08. The van der Waals surface area contributed by atoms with E-state index in [4.69, 9.17) is 5.73 Å². The quantitative estimate of drug-likeness (QED) is 0.835. The molecule has 1 saturated heterocycles. The Morgan fingerprint density at radius 3 is 2.35 bits per heavy atom. The van der Waals surface area contributed by atoms with Gasteiger partial charge in [0, 0.05) is 33.1 Å². The summed E-state index contributed by atoms with van der Waals surface area (Å²) in [5.41, 5.74) is 5.22. The third kappa shape index (κ3) is 2.58. The van der Waals surface area contributed by atoms with Crippen molar-refractivity contribution in [1.29, 1.82) is 0 Å². The normalized spacial score (nSPS) is 16.1. The standard InChI is InChI=1S/C11H15N3O2S/c1-8(15)13-4-6-14(7-5-13)10-3-2-9(17-10)11(12)16/h2-3H,4-7H2,1H3,(H2,12,16). The minimum absolute atomic E-state index is 0.119. The maximum absolute atomic E-state index is 11.2. The molecule has 2 N–H and O–H groups in total. The van der Waals surface area contributed by atoms with Crippen LogP contribution in [0.4, 0.5) is 5.00 Å². The second-order valence-corrected chi connectivity index (χ2v) is 5.06. The molecule has 1 fully saturated rings. The van der Waals surface area contributed by atoms with E-state index in [-0.39, 0.29) is 11.8 Å². The largest absolute Gasteiger partial charge is 0.365 e. The highest BCUT2D eigenvalue weighted by Gasteiger charge is 2.20. The molecule has 1 aromatic rings. The number of rotatable bonds is 2.